The fourth-order valence-electron chi connectivity index (χ4n) is 1.99. The Bertz CT molecular complexity index is 142. The van der Waals surface area contributed by atoms with Crippen LogP contribution in [0.15, 0.2) is 0 Å². The Morgan fingerprint density at radius 3 is 2.62 bits per heavy atom. The molecule has 2 rings (SSSR count). The first-order chi connectivity index (χ1) is 6.45. The summed E-state index contributed by atoms with van der Waals surface area (Å²) in [6, 6.07) is 0. The summed E-state index contributed by atoms with van der Waals surface area (Å²) in [7, 11) is 0. The summed E-state index contributed by atoms with van der Waals surface area (Å²) >= 11 is 0. The van der Waals surface area contributed by atoms with E-state index in [4.69, 9.17) is 4.74 Å². The maximum atomic E-state index is 5.15. The molecule has 76 valence electrons. The summed E-state index contributed by atoms with van der Waals surface area (Å²) in [5.41, 5.74) is 0. The molecule has 0 spiro atoms. The predicted octanol–water partition coefficient (Wildman–Crippen LogP) is 0.318. The van der Waals surface area contributed by atoms with Crippen LogP contribution >= 0.6 is 0 Å². The van der Waals surface area contributed by atoms with Crippen LogP contribution in [-0.2, 0) is 4.74 Å². The van der Waals surface area contributed by atoms with E-state index in [2.05, 4.69) is 10.2 Å². The molecule has 0 aliphatic carbocycles. The van der Waals surface area contributed by atoms with Crippen LogP contribution in [0.3, 0.4) is 0 Å². The predicted molar refractivity (Wildman–Crippen MR) is 52.9 cm³/mol. The van der Waals surface area contributed by atoms with Crippen molar-refractivity contribution in [3.05, 3.63) is 0 Å². The summed E-state index contributed by atoms with van der Waals surface area (Å²) in [5, 5.41) is 3.37. The Balaban J connectivity index is 1.50. The zero-order chi connectivity index (χ0) is 8.93. The van der Waals surface area contributed by atoms with Crippen molar-refractivity contribution in [2.24, 2.45) is 5.92 Å². The van der Waals surface area contributed by atoms with E-state index in [9.17, 15) is 0 Å². The number of hydrogen-bond donors (Lipinski definition) is 1. The van der Waals surface area contributed by atoms with Crippen molar-refractivity contribution in [3.63, 3.8) is 0 Å². The molecule has 0 unspecified atom stereocenters. The zero-order valence-electron chi connectivity index (χ0n) is 8.30. The van der Waals surface area contributed by atoms with Gasteiger partial charge in [-0.05, 0) is 19.4 Å². The Hall–Kier alpha value is -0.120. The molecule has 0 bridgehead atoms. The smallest absolute Gasteiger partial charge is 0.0516 e. The lowest BCUT2D eigenvalue weighted by Gasteiger charge is -2.29. The molecule has 3 heteroatoms. The van der Waals surface area contributed by atoms with Gasteiger partial charge in [0.05, 0.1) is 13.2 Å². The average Bonchev–Trinajstić information content (AvgIpc) is 2.11. The van der Waals surface area contributed by atoms with Crippen LogP contribution in [-0.4, -0.2) is 50.8 Å². The van der Waals surface area contributed by atoms with Gasteiger partial charge in [-0.15, -0.1) is 0 Å². The van der Waals surface area contributed by atoms with E-state index < -0.39 is 0 Å². The number of hydrogen-bond acceptors (Lipinski definition) is 3. The topological polar surface area (TPSA) is 24.5 Å². The minimum atomic E-state index is 0.878. The quantitative estimate of drug-likeness (QED) is 0.681. The normalized spacial score (nSPS) is 25.8. The molecule has 0 atom stereocenters. The lowest BCUT2D eigenvalue weighted by Crippen LogP contribution is -2.44. The molecular weight excluding hydrogens is 164 g/mol. The summed E-state index contributed by atoms with van der Waals surface area (Å²) < 4.78 is 5.15. The second kappa shape index (κ2) is 4.94. The molecule has 1 N–H and O–H groups in total. The minimum Gasteiger partial charge on any atom is -0.381 e. The summed E-state index contributed by atoms with van der Waals surface area (Å²) in [6.07, 6.45) is 2.72. The maximum absolute atomic E-state index is 5.15. The van der Waals surface area contributed by atoms with Crippen molar-refractivity contribution in [2.75, 3.05) is 45.9 Å². The Kier molecular flexibility index (Phi) is 3.58. The van der Waals surface area contributed by atoms with Gasteiger partial charge in [0.2, 0.25) is 0 Å². The molecule has 2 heterocycles. The van der Waals surface area contributed by atoms with E-state index >= 15 is 0 Å². The summed E-state index contributed by atoms with van der Waals surface area (Å²) in [6.45, 7) is 8.14. The second-order valence-corrected chi connectivity index (χ2v) is 4.14. The first kappa shape index (κ1) is 9.44. The van der Waals surface area contributed by atoms with Gasteiger partial charge in [0.1, 0.15) is 0 Å². The Morgan fingerprint density at radius 2 is 2.00 bits per heavy atom. The van der Waals surface area contributed by atoms with Gasteiger partial charge >= 0.3 is 0 Å². The molecule has 2 saturated heterocycles. The molecule has 0 aromatic rings. The van der Waals surface area contributed by atoms with Gasteiger partial charge in [0, 0.05) is 32.1 Å². The lowest BCUT2D eigenvalue weighted by atomic mass is 10.0. The van der Waals surface area contributed by atoms with Crippen LogP contribution in [0.2, 0.25) is 0 Å². The third kappa shape index (κ3) is 2.93. The van der Waals surface area contributed by atoms with Gasteiger partial charge < -0.3 is 15.0 Å². The average molecular weight is 184 g/mol. The van der Waals surface area contributed by atoms with Gasteiger partial charge in [0.25, 0.3) is 0 Å². The first-order valence-corrected chi connectivity index (χ1v) is 5.46. The Morgan fingerprint density at radius 1 is 1.23 bits per heavy atom. The molecule has 3 nitrogen and oxygen atoms in total. The van der Waals surface area contributed by atoms with Crippen LogP contribution in [0.4, 0.5) is 0 Å². The van der Waals surface area contributed by atoms with Crippen molar-refractivity contribution in [1.82, 2.24) is 10.2 Å². The molecule has 2 aliphatic heterocycles. The van der Waals surface area contributed by atoms with Crippen LogP contribution in [0.1, 0.15) is 12.8 Å². The molecule has 0 aromatic carbocycles. The van der Waals surface area contributed by atoms with Gasteiger partial charge in [-0.2, -0.15) is 0 Å². The highest BCUT2D eigenvalue weighted by Gasteiger charge is 2.18. The number of piperazine rings is 1. The third-order valence-corrected chi connectivity index (χ3v) is 3.00. The molecule has 0 amide bonds. The Labute approximate surface area is 80.4 Å². The summed E-state index contributed by atoms with van der Waals surface area (Å²) in [4.78, 5) is 2.57. The second-order valence-electron chi connectivity index (χ2n) is 4.14. The highest BCUT2D eigenvalue weighted by atomic mass is 16.5. The van der Waals surface area contributed by atoms with Gasteiger partial charge in [-0.25, -0.2) is 0 Å². The van der Waals surface area contributed by atoms with E-state index in [-0.39, 0.29) is 0 Å². The van der Waals surface area contributed by atoms with E-state index in [0.717, 1.165) is 19.1 Å². The molecular formula is C10H20N2O. The molecule has 0 saturated carbocycles. The number of rotatable bonds is 4. The van der Waals surface area contributed by atoms with E-state index in [1.807, 2.05) is 0 Å². The molecule has 13 heavy (non-hydrogen) atoms. The van der Waals surface area contributed by atoms with E-state index in [0.29, 0.717) is 0 Å². The fourth-order valence-corrected chi connectivity index (χ4v) is 1.99. The van der Waals surface area contributed by atoms with Crippen LogP contribution < -0.4 is 5.32 Å². The van der Waals surface area contributed by atoms with Crippen molar-refractivity contribution < 1.29 is 4.74 Å². The van der Waals surface area contributed by atoms with Crippen molar-refractivity contribution in [1.29, 1.82) is 0 Å². The highest BCUT2D eigenvalue weighted by Crippen LogP contribution is 2.16. The number of ether oxygens (including phenoxy) is 1. The van der Waals surface area contributed by atoms with Crippen molar-refractivity contribution >= 4 is 0 Å². The number of nitrogens with one attached hydrogen (secondary N) is 1. The standard InChI is InChI=1S/C10H20N2O/c1(2-10-8-13-9-10)5-12-6-3-11-4-7-12/h10-11H,1-9H2. The minimum absolute atomic E-state index is 0.878. The molecule has 0 radical (unpaired) electrons. The van der Waals surface area contributed by atoms with Crippen LogP contribution in [0.25, 0.3) is 0 Å². The maximum Gasteiger partial charge on any atom is 0.0516 e. The number of nitrogens with zero attached hydrogens (tertiary/aromatic N) is 1. The third-order valence-electron chi connectivity index (χ3n) is 3.00. The molecule has 0 aromatic heterocycles. The zero-order valence-corrected chi connectivity index (χ0v) is 8.30. The first-order valence-electron chi connectivity index (χ1n) is 5.46. The van der Waals surface area contributed by atoms with Gasteiger partial charge in [0.15, 0.2) is 0 Å². The van der Waals surface area contributed by atoms with E-state index in [1.165, 1.54) is 45.6 Å². The van der Waals surface area contributed by atoms with Crippen LogP contribution in [0, 0.1) is 5.92 Å². The monoisotopic (exact) mass is 184 g/mol. The van der Waals surface area contributed by atoms with Gasteiger partial charge in [-0.1, -0.05) is 0 Å². The molecule has 2 fully saturated rings. The van der Waals surface area contributed by atoms with Crippen molar-refractivity contribution in [3.8, 4) is 0 Å². The highest BCUT2D eigenvalue weighted by molar-refractivity contribution is 4.70. The molecule has 2 aliphatic rings. The largest absolute Gasteiger partial charge is 0.381 e. The fraction of sp³-hybridized carbons (Fsp3) is 1.00. The van der Waals surface area contributed by atoms with Crippen molar-refractivity contribution in [2.45, 2.75) is 12.8 Å². The lowest BCUT2D eigenvalue weighted by molar-refractivity contribution is -0.0371. The summed E-state index contributed by atoms with van der Waals surface area (Å²) in [5.74, 6) is 0.878. The van der Waals surface area contributed by atoms with E-state index in [1.54, 1.807) is 0 Å². The SMILES string of the molecule is C(CC1COC1)CN1CCNCC1. The van der Waals surface area contributed by atoms with Gasteiger partial charge in [-0.3, -0.25) is 0 Å². The van der Waals surface area contributed by atoms with Crippen LogP contribution in [0.5, 0.6) is 0 Å².